The van der Waals surface area contributed by atoms with Gasteiger partial charge in [0.15, 0.2) is 0 Å². The second kappa shape index (κ2) is 5.87. The average Bonchev–Trinajstić information content (AvgIpc) is 3.20. The number of rotatable bonds is 4. The Bertz CT molecular complexity index is 825. The molecular formula is C14H15N7O2. The van der Waals surface area contributed by atoms with E-state index in [0.717, 1.165) is 0 Å². The molecule has 118 valence electrons. The van der Waals surface area contributed by atoms with Crippen LogP contribution in [0.25, 0.3) is 5.95 Å². The molecule has 3 aromatic heterocycles. The van der Waals surface area contributed by atoms with E-state index in [1.54, 1.807) is 37.1 Å². The van der Waals surface area contributed by atoms with Crippen LogP contribution in [0.4, 0.5) is 5.69 Å². The molecule has 0 fully saturated rings. The maximum atomic E-state index is 12.6. The van der Waals surface area contributed by atoms with E-state index in [1.165, 1.54) is 29.2 Å². The van der Waals surface area contributed by atoms with E-state index in [4.69, 9.17) is 4.74 Å². The third-order valence-corrected chi connectivity index (χ3v) is 3.38. The van der Waals surface area contributed by atoms with Crippen LogP contribution >= 0.6 is 0 Å². The van der Waals surface area contributed by atoms with Gasteiger partial charge in [-0.15, -0.1) is 5.10 Å². The number of carbonyl (C=O) groups excluding carboxylic acids is 1. The zero-order valence-electron chi connectivity index (χ0n) is 12.9. The van der Waals surface area contributed by atoms with Gasteiger partial charge in [-0.2, -0.15) is 9.67 Å². The van der Waals surface area contributed by atoms with Crippen LogP contribution in [0, 0.1) is 0 Å². The van der Waals surface area contributed by atoms with Crippen molar-refractivity contribution in [2.75, 3.05) is 19.1 Å². The predicted octanol–water partition coefficient (Wildman–Crippen LogP) is 0.681. The van der Waals surface area contributed by atoms with Crippen molar-refractivity contribution >= 4 is 11.6 Å². The summed E-state index contributed by atoms with van der Waals surface area (Å²) in [6.45, 7) is 0. The highest BCUT2D eigenvalue weighted by molar-refractivity contribution is 6.04. The summed E-state index contributed by atoms with van der Waals surface area (Å²) >= 11 is 0. The monoisotopic (exact) mass is 313 g/mol. The first-order valence-electron chi connectivity index (χ1n) is 6.77. The molecule has 0 aromatic carbocycles. The maximum Gasteiger partial charge on any atom is 0.335 e. The summed E-state index contributed by atoms with van der Waals surface area (Å²) in [5, 5.41) is 4.10. The maximum absolute atomic E-state index is 12.6. The van der Waals surface area contributed by atoms with E-state index in [-0.39, 0.29) is 11.9 Å². The number of pyridine rings is 1. The van der Waals surface area contributed by atoms with Gasteiger partial charge >= 0.3 is 6.01 Å². The molecule has 0 radical (unpaired) electrons. The molecule has 0 aliphatic heterocycles. The fourth-order valence-corrected chi connectivity index (χ4v) is 2.09. The summed E-state index contributed by atoms with van der Waals surface area (Å²) in [4.78, 5) is 26.4. The van der Waals surface area contributed by atoms with Crippen molar-refractivity contribution in [3.8, 4) is 12.0 Å². The van der Waals surface area contributed by atoms with E-state index < -0.39 is 0 Å². The summed E-state index contributed by atoms with van der Waals surface area (Å²) in [5.41, 5.74) is 1.11. The van der Waals surface area contributed by atoms with E-state index in [2.05, 4.69) is 20.1 Å². The minimum Gasteiger partial charge on any atom is -0.466 e. The smallest absolute Gasteiger partial charge is 0.335 e. The fraction of sp³-hybridized carbons (Fsp3) is 0.214. The summed E-state index contributed by atoms with van der Waals surface area (Å²) in [6, 6.07) is 3.81. The minimum absolute atomic E-state index is 0.202. The Morgan fingerprint density at radius 1 is 1.30 bits per heavy atom. The Balaban J connectivity index is 1.91. The van der Waals surface area contributed by atoms with Crippen molar-refractivity contribution in [3.63, 3.8) is 0 Å². The van der Waals surface area contributed by atoms with Gasteiger partial charge in [0.05, 0.1) is 25.2 Å². The summed E-state index contributed by atoms with van der Waals surface area (Å²) < 4.78 is 8.03. The second-order valence-corrected chi connectivity index (χ2v) is 4.75. The van der Waals surface area contributed by atoms with Gasteiger partial charge in [0.1, 0.15) is 12.0 Å². The van der Waals surface area contributed by atoms with E-state index in [1.807, 2.05) is 6.07 Å². The Hall–Kier alpha value is -3.23. The molecule has 3 aromatic rings. The fourth-order valence-electron chi connectivity index (χ4n) is 2.09. The molecule has 9 nitrogen and oxygen atoms in total. The number of anilines is 1. The summed E-state index contributed by atoms with van der Waals surface area (Å²) in [7, 11) is 4.90. The summed E-state index contributed by atoms with van der Waals surface area (Å²) in [6.07, 6.45) is 6.25. The second-order valence-electron chi connectivity index (χ2n) is 4.75. The molecule has 0 aliphatic rings. The lowest BCUT2D eigenvalue weighted by Crippen LogP contribution is -2.28. The molecule has 1 amide bonds. The van der Waals surface area contributed by atoms with Crippen molar-refractivity contribution in [3.05, 3.63) is 42.7 Å². The highest BCUT2D eigenvalue weighted by atomic mass is 16.5. The van der Waals surface area contributed by atoms with Gasteiger partial charge < -0.3 is 14.2 Å². The number of aromatic nitrogens is 6. The third-order valence-electron chi connectivity index (χ3n) is 3.38. The molecule has 3 rings (SSSR count). The predicted molar refractivity (Wildman–Crippen MR) is 81.6 cm³/mol. The third kappa shape index (κ3) is 2.63. The summed E-state index contributed by atoms with van der Waals surface area (Å²) in [5.74, 6) is 0.259. The molecule has 0 spiro atoms. The Morgan fingerprint density at radius 2 is 2.13 bits per heavy atom. The molecule has 0 aliphatic carbocycles. The molecular weight excluding hydrogens is 298 g/mol. The van der Waals surface area contributed by atoms with Gasteiger partial charge in [-0.1, -0.05) is 0 Å². The first-order chi connectivity index (χ1) is 11.1. The molecule has 0 saturated heterocycles. The van der Waals surface area contributed by atoms with E-state index in [9.17, 15) is 4.79 Å². The molecule has 23 heavy (non-hydrogen) atoms. The van der Waals surface area contributed by atoms with Crippen molar-refractivity contribution in [2.45, 2.75) is 0 Å². The van der Waals surface area contributed by atoms with Gasteiger partial charge in [0, 0.05) is 20.3 Å². The van der Waals surface area contributed by atoms with E-state index >= 15 is 0 Å². The van der Waals surface area contributed by atoms with Crippen LogP contribution in [0.15, 0.2) is 37.1 Å². The Labute approximate surface area is 132 Å². The molecule has 0 unspecified atom stereocenters. The van der Waals surface area contributed by atoms with Crippen LogP contribution in [-0.4, -0.2) is 49.4 Å². The number of hydrogen-bond acceptors (Lipinski definition) is 6. The van der Waals surface area contributed by atoms with Crippen LogP contribution in [0.3, 0.4) is 0 Å². The standard InChI is InChI=1S/C14H15N7O2/c1-19(10-5-4-6-15-7-10)12(22)11-8-16-14(20(11)2)21-9-17-13(18-21)23-3/h4-9H,1-3H3. The largest absolute Gasteiger partial charge is 0.466 e. The highest BCUT2D eigenvalue weighted by Gasteiger charge is 2.20. The lowest BCUT2D eigenvalue weighted by Gasteiger charge is -2.16. The van der Waals surface area contributed by atoms with Gasteiger partial charge in [-0.05, 0) is 12.1 Å². The Morgan fingerprint density at radius 3 is 2.78 bits per heavy atom. The van der Waals surface area contributed by atoms with Crippen LogP contribution in [-0.2, 0) is 7.05 Å². The molecule has 0 bridgehead atoms. The minimum atomic E-state index is -0.202. The zero-order chi connectivity index (χ0) is 16.4. The van der Waals surface area contributed by atoms with Crippen LogP contribution in [0.1, 0.15) is 10.5 Å². The number of amides is 1. The molecule has 0 atom stereocenters. The van der Waals surface area contributed by atoms with Crippen molar-refractivity contribution < 1.29 is 9.53 Å². The van der Waals surface area contributed by atoms with Crippen molar-refractivity contribution in [1.82, 2.24) is 29.3 Å². The lowest BCUT2D eigenvalue weighted by molar-refractivity contribution is 0.0985. The molecule has 3 heterocycles. The van der Waals surface area contributed by atoms with Crippen LogP contribution in [0.5, 0.6) is 6.01 Å². The van der Waals surface area contributed by atoms with E-state index in [0.29, 0.717) is 17.3 Å². The van der Waals surface area contributed by atoms with Crippen molar-refractivity contribution in [1.29, 1.82) is 0 Å². The first kappa shape index (κ1) is 14.7. The highest BCUT2D eigenvalue weighted by Crippen LogP contribution is 2.15. The molecule has 0 saturated carbocycles. The quantitative estimate of drug-likeness (QED) is 0.703. The number of methoxy groups -OCH3 is 1. The normalized spacial score (nSPS) is 10.6. The number of hydrogen-bond donors (Lipinski definition) is 0. The number of imidazole rings is 1. The number of ether oxygens (including phenoxy) is 1. The average molecular weight is 313 g/mol. The first-order valence-corrected chi connectivity index (χ1v) is 6.77. The topological polar surface area (TPSA) is 91.0 Å². The van der Waals surface area contributed by atoms with Crippen molar-refractivity contribution in [2.24, 2.45) is 7.05 Å². The van der Waals surface area contributed by atoms with Gasteiger partial charge in [-0.25, -0.2) is 4.98 Å². The van der Waals surface area contributed by atoms with Crippen LogP contribution in [0.2, 0.25) is 0 Å². The Kier molecular flexibility index (Phi) is 3.75. The molecule has 9 heteroatoms. The number of carbonyl (C=O) groups is 1. The lowest BCUT2D eigenvalue weighted by atomic mass is 10.3. The zero-order valence-corrected chi connectivity index (χ0v) is 12.9. The van der Waals surface area contributed by atoms with Gasteiger partial charge in [0.2, 0.25) is 5.95 Å². The van der Waals surface area contributed by atoms with Gasteiger partial charge in [0.25, 0.3) is 5.91 Å². The van der Waals surface area contributed by atoms with Gasteiger partial charge in [-0.3, -0.25) is 9.78 Å². The SMILES string of the molecule is COc1ncn(-c2ncc(C(=O)N(C)c3cccnc3)n2C)n1. The van der Waals surface area contributed by atoms with Crippen LogP contribution < -0.4 is 9.64 Å². The molecule has 0 N–H and O–H groups in total. The number of nitrogens with zero attached hydrogens (tertiary/aromatic N) is 7.